The summed E-state index contributed by atoms with van der Waals surface area (Å²) >= 11 is 7.33. The van der Waals surface area contributed by atoms with E-state index in [-0.39, 0.29) is 5.91 Å². The Morgan fingerprint density at radius 1 is 1.14 bits per heavy atom. The normalized spacial score (nSPS) is 15.9. The molecule has 2 heterocycles. The number of aliphatic imine (C=N–C) groups is 1. The lowest BCUT2D eigenvalue weighted by molar-refractivity contribution is -0.115. The molecule has 1 amide bonds. The molecule has 5 nitrogen and oxygen atoms in total. The van der Waals surface area contributed by atoms with Crippen LogP contribution in [0.5, 0.6) is 0 Å². The molecule has 1 fully saturated rings. The monoisotopic (exact) mass is 409 g/mol. The van der Waals surface area contributed by atoms with Crippen molar-refractivity contribution >= 4 is 58.0 Å². The summed E-state index contributed by atoms with van der Waals surface area (Å²) in [4.78, 5) is 18.8. The molecule has 0 atom stereocenters. The molecule has 0 saturated carbocycles. The molecule has 1 saturated heterocycles. The van der Waals surface area contributed by atoms with Crippen molar-refractivity contribution in [3.8, 4) is 0 Å². The molecule has 0 radical (unpaired) electrons. The minimum Gasteiger partial charge on any atom is -0.354 e. The number of nitrogens with zero attached hydrogens (tertiary/aromatic N) is 3. The van der Waals surface area contributed by atoms with E-state index in [0.29, 0.717) is 33.1 Å². The van der Waals surface area contributed by atoms with Crippen LogP contribution >= 0.6 is 23.4 Å². The number of carbonyl (C=O) groups is 1. The van der Waals surface area contributed by atoms with Gasteiger partial charge in [0.2, 0.25) is 5.91 Å². The van der Waals surface area contributed by atoms with Crippen molar-refractivity contribution < 1.29 is 9.32 Å². The number of anilines is 1. The van der Waals surface area contributed by atoms with E-state index in [0.717, 1.165) is 11.3 Å². The van der Waals surface area contributed by atoms with Crippen LogP contribution in [0.3, 0.4) is 0 Å². The summed E-state index contributed by atoms with van der Waals surface area (Å²) in [6, 6.07) is 17.0. The van der Waals surface area contributed by atoms with Crippen LogP contribution in [-0.4, -0.2) is 22.0 Å². The summed E-state index contributed by atoms with van der Waals surface area (Å²) in [6.45, 7) is 1.81. The van der Waals surface area contributed by atoms with Crippen LogP contribution in [0.4, 0.5) is 11.4 Å². The van der Waals surface area contributed by atoms with E-state index in [9.17, 15) is 4.79 Å². The minimum absolute atomic E-state index is 0.0490. The molecule has 28 heavy (non-hydrogen) atoms. The lowest BCUT2D eigenvalue weighted by Crippen LogP contribution is -2.30. The Morgan fingerprint density at radius 2 is 1.89 bits per heavy atom. The van der Waals surface area contributed by atoms with Gasteiger partial charge in [-0.15, -0.1) is 0 Å². The Balaban J connectivity index is 1.70. The van der Waals surface area contributed by atoms with Crippen LogP contribution in [0, 0.1) is 6.92 Å². The van der Waals surface area contributed by atoms with Crippen LogP contribution in [-0.2, 0) is 4.79 Å². The number of amidine groups is 1. The fourth-order valence-electron chi connectivity index (χ4n) is 2.79. The standard InChI is InChI=1S/C21H16ClN3O2S/c1-14-20(18(27-24-14)12-9-15-7-10-16(22)11-8-15)25-19(26)13-28-21(25)23-17-5-3-2-4-6-17/h2-12H,13H2,1H3/b12-9+,23-21?. The maximum absolute atomic E-state index is 12.6. The SMILES string of the molecule is Cc1noc(/C=C/c2ccc(Cl)cc2)c1N1C(=O)CSC1=Nc1ccccc1. The first kappa shape index (κ1) is 18.5. The molecule has 3 aromatic rings. The predicted octanol–water partition coefficient (Wildman–Crippen LogP) is 5.57. The van der Waals surface area contributed by atoms with E-state index in [4.69, 9.17) is 16.1 Å². The highest BCUT2D eigenvalue weighted by molar-refractivity contribution is 8.15. The first-order chi connectivity index (χ1) is 13.6. The zero-order valence-electron chi connectivity index (χ0n) is 15.0. The average molecular weight is 410 g/mol. The predicted molar refractivity (Wildman–Crippen MR) is 115 cm³/mol. The van der Waals surface area contributed by atoms with Gasteiger partial charge in [-0.2, -0.15) is 0 Å². The van der Waals surface area contributed by atoms with E-state index < -0.39 is 0 Å². The Labute approximate surface area is 171 Å². The lowest BCUT2D eigenvalue weighted by atomic mass is 10.2. The highest BCUT2D eigenvalue weighted by atomic mass is 35.5. The second kappa shape index (κ2) is 8.04. The number of aromatic nitrogens is 1. The third-order valence-corrected chi connectivity index (χ3v) is 5.30. The van der Waals surface area contributed by atoms with Crippen molar-refractivity contribution in [3.63, 3.8) is 0 Å². The summed E-state index contributed by atoms with van der Waals surface area (Å²) < 4.78 is 5.48. The van der Waals surface area contributed by atoms with Gasteiger partial charge < -0.3 is 4.52 Å². The van der Waals surface area contributed by atoms with Crippen LogP contribution in [0.25, 0.3) is 12.2 Å². The van der Waals surface area contributed by atoms with Crippen molar-refractivity contribution in [1.82, 2.24) is 5.16 Å². The lowest BCUT2D eigenvalue weighted by Gasteiger charge is -2.15. The number of carbonyl (C=O) groups excluding carboxylic acids is 1. The van der Waals surface area contributed by atoms with Crippen molar-refractivity contribution in [2.75, 3.05) is 10.7 Å². The fourth-order valence-corrected chi connectivity index (χ4v) is 3.79. The summed E-state index contributed by atoms with van der Waals surface area (Å²) in [5.41, 5.74) is 3.00. The number of thioether (sulfide) groups is 1. The number of halogens is 1. The summed E-state index contributed by atoms with van der Waals surface area (Å²) in [7, 11) is 0. The molecular weight excluding hydrogens is 394 g/mol. The fraction of sp³-hybridized carbons (Fsp3) is 0.0952. The Hall–Kier alpha value is -2.83. The van der Waals surface area contributed by atoms with Crippen molar-refractivity contribution in [2.45, 2.75) is 6.92 Å². The van der Waals surface area contributed by atoms with E-state index in [1.807, 2.05) is 67.6 Å². The molecule has 0 N–H and O–H groups in total. The van der Waals surface area contributed by atoms with Gasteiger partial charge in [0.05, 0.1) is 11.4 Å². The second-order valence-electron chi connectivity index (χ2n) is 6.11. The van der Waals surface area contributed by atoms with Crippen LogP contribution < -0.4 is 4.90 Å². The van der Waals surface area contributed by atoms with Crippen molar-refractivity contribution in [1.29, 1.82) is 0 Å². The molecule has 0 spiro atoms. The highest BCUT2D eigenvalue weighted by Gasteiger charge is 2.34. The number of aryl methyl sites for hydroxylation is 1. The maximum Gasteiger partial charge on any atom is 0.243 e. The van der Waals surface area contributed by atoms with E-state index in [2.05, 4.69) is 10.1 Å². The molecule has 2 aromatic carbocycles. The first-order valence-corrected chi connectivity index (χ1v) is 9.97. The topological polar surface area (TPSA) is 58.7 Å². The van der Waals surface area contributed by atoms with Crippen molar-refractivity contribution in [3.05, 3.63) is 76.6 Å². The molecule has 1 aliphatic rings. The zero-order valence-corrected chi connectivity index (χ0v) is 16.6. The van der Waals surface area contributed by atoms with Gasteiger partial charge in [0, 0.05) is 5.02 Å². The van der Waals surface area contributed by atoms with Gasteiger partial charge in [-0.3, -0.25) is 9.69 Å². The molecule has 0 aliphatic carbocycles. The summed E-state index contributed by atoms with van der Waals surface area (Å²) in [5.74, 6) is 0.785. The van der Waals surface area contributed by atoms with Gasteiger partial charge in [0.25, 0.3) is 0 Å². The number of benzene rings is 2. The Bertz CT molecular complexity index is 1060. The van der Waals surface area contributed by atoms with Gasteiger partial charge in [-0.05, 0) is 42.8 Å². The van der Waals surface area contributed by atoms with Gasteiger partial charge in [0.1, 0.15) is 11.4 Å². The van der Waals surface area contributed by atoms with Gasteiger partial charge in [0.15, 0.2) is 10.9 Å². The maximum atomic E-state index is 12.6. The molecule has 140 valence electrons. The second-order valence-corrected chi connectivity index (χ2v) is 7.49. The first-order valence-electron chi connectivity index (χ1n) is 8.61. The molecule has 0 bridgehead atoms. The Morgan fingerprint density at radius 3 is 2.64 bits per heavy atom. The third kappa shape index (κ3) is 3.88. The Kier molecular flexibility index (Phi) is 5.32. The molecule has 4 rings (SSSR count). The van der Waals surface area contributed by atoms with Crippen LogP contribution in [0.15, 0.2) is 64.1 Å². The molecular formula is C21H16ClN3O2S. The molecule has 1 aliphatic heterocycles. The summed E-state index contributed by atoms with van der Waals surface area (Å²) in [5, 5.41) is 5.35. The van der Waals surface area contributed by atoms with Gasteiger partial charge in [-0.25, -0.2) is 4.99 Å². The highest BCUT2D eigenvalue weighted by Crippen LogP contribution is 2.34. The molecule has 0 unspecified atom stereocenters. The number of amides is 1. The summed E-state index contributed by atoms with van der Waals surface area (Å²) in [6.07, 6.45) is 3.69. The molecule has 1 aromatic heterocycles. The van der Waals surface area contributed by atoms with Crippen molar-refractivity contribution in [2.24, 2.45) is 4.99 Å². The third-order valence-electron chi connectivity index (χ3n) is 4.12. The minimum atomic E-state index is -0.0490. The zero-order chi connectivity index (χ0) is 19.5. The van der Waals surface area contributed by atoms with Gasteiger partial charge in [-0.1, -0.05) is 64.9 Å². The number of hydrogen-bond donors (Lipinski definition) is 0. The number of rotatable bonds is 4. The van der Waals surface area contributed by atoms with E-state index in [1.54, 1.807) is 11.0 Å². The quantitative estimate of drug-likeness (QED) is 0.564. The van der Waals surface area contributed by atoms with E-state index >= 15 is 0 Å². The number of hydrogen-bond acceptors (Lipinski definition) is 5. The van der Waals surface area contributed by atoms with Gasteiger partial charge >= 0.3 is 0 Å². The average Bonchev–Trinajstić information content (AvgIpc) is 3.24. The van der Waals surface area contributed by atoms with E-state index in [1.165, 1.54) is 11.8 Å². The smallest absolute Gasteiger partial charge is 0.243 e. The number of para-hydroxylation sites is 1. The largest absolute Gasteiger partial charge is 0.354 e. The van der Waals surface area contributed by atoms with Crippen LogP contribution in [0.2, 0.25) is 5.02 Å². The van der Waals surface area contributed by atoms with Crippen LogP contribution in [0.1, 0.15) is 17.0 Å². The molecule has 7 heteroatoms.